The molecule has 0 aliphatic heterocycles. The summed E-state index contributed by atoms with van der Waals surface area (Å²) in [6, 6.07) is 11.4. The van der Waals surface area contributed by atoms with Gasteiger partial charge in [-0.2, -0.15) is 5.10 Å². The molecule has 19 heavy (non-hydrogen) atoms. The number of nitrogens with two attached hydrogens (primary N) is 1. The monoisotopic (exact) mass is 258 g/mol. The Morgan fingerprint density at radius 3 is 2.79 bits per heavy atom. The van der Waals surface area contributed by atoms with Gasteiger partial charge in [0.2, 0.25) is 5.91 Å². The van der Waals surface area contributed by atoms with Crippen molar-refractivity contribution >= 4 is 5.91 Å². The number of amides is 1. The van der Waals surface area contributed by atoms with Crippen LogP contribution in [-0.2, 0) is 11.2 Å². The average molecular weight is 258 g/mol. The highest BCUT2D eigenvalue weighted by Crippen LogP contribution is 2.08. The molecule has 2 rings (SSSR count). The third-order valence-corrected chi connectivity index (χ3v) is 2.85. The van der Waals surface area contributed by atoms with Crippen LogP contribution in [0.5, 0.6) is 0 Å². The molecule has 1 aromatic heterocycles. The molecule has 0 aliphatic carbocycles. The minimum absolute atomic E-state index is 0.0714. The Balaban J connectivity index is 1.80. The highest BCUT2D eigenvalue weighted by molar-refractivity contribution is 5.78. The Hall–Kier alpha value is -2.14. The highest BCUT2D eigenvalue weighted by atomic mass is 16.1. The summed E-state index contributed by atoms with van der Waals surface area (Å²) in [6.45, 7) is 2.33. The number of H-pyrrole nitrogens is 1. The van der Waals surface area contributed by atoms with E-state index in [9.17, 15) is 4.79 Å². The molecular formula is C14H18N4O. The molecule has 100 valence electrons. The lowest BCUT2D eigenvalue weighted by molar-refractivity contribution is -0.120. The first kappa shape index (κ1) is 13.3. The van der Waals surface area contributed by atoms with Gasteiger partial charge in [-0.25, -0.2) is 0 Å². The van der Waals surface area contributed by atoms with Gasteiger partial charge >= 0.3 is 0 Å². The fourth-order valence-electron chi connectivity index (χ4n) is 1.83. The van der Waals surface area contributed by atoms with Crippen LogP contribution in [0.2, 0.25) is 0 Å². The lowest BCUT2D eigenvalue weighted by atomic mass is 10.1. The number of benzene rings is 1. The largest absolute Gasteiger partial charge is 0.354 e. The Kier molecular flexibility index (Phi) is 4.30. The van der Waals surface area contributed by atoms with Gasteiger partial charge in [0, 0.05) is 18.3 Å². The molecule has 2 aromatic rings. The van der Waals surface area contributed by atoms with E-state index in [0.717, 1.165) is 17.0 Å². The maximum atomic E-state index is 11.7. The lowest BCUT2D eigenvalue weighted by Crippen LogP contribution is -2.32. The molecule has 0 bridgehead atoms. The smallest absolute Gasteiger partial charge is 0.226 e. The molecule has 0 fully saturated rings. The predicted molar refractivity (Wildman–Crippen MR) is 73.4 cm³/mol. The Morgan fingerprint density at radius 2 is 2.16 bits per heavy atom. The van der Waals surface area contributed by atoms with Crippen LogP contribution in [-0.4, -0.2) is 22.6 Å². The van der Waals surface area contributed by atoms with E-state index in [1.807, 2.05) is 43.3 Å². The lowest BCUT2D eigenvalue weighted by Gasteiger charge is -2.12. The van der Waals surface area contributed by atoms with Crippen molar-refractivity contribution in [2.24, 2.45) is 5.73 Å². The zero-order chi connectivity index (χ0) is 13.7. The molecule has 1 amide bonds. The number of carbonyl (C=O) groups is 1. The van der Waals surface area contributed by atoms with Crippen molar-refractivity contribution < 1.29 is 4.79 Å². The zero-order valence-corrected chi connectivity index (χ0v) is 10.9. The van der Waals surface area contributed by atoms with Crippen molar-refractivity contribution in [3.63, 3.8) is 0 Å². The third-order valence-electron chi connectivity index (χ3n) is 2.85. The summed E-state index contributed by atoms with van der Waals surface area (Å²) >= 11 is 0. The molecule has 0 saturated carbocycles. The number of carbonyl (C=O) groups excluding carboxylic acids is 1. The minimum Gasteiger partial charge on any atom is -0.354 e. The van der Waals surface area contributed by atoms with Crippen LogP contribution in [0.25, 0.3) is 0 Å². The number of aromatic amines is 1. The summed E-state index contributed by atoms with van der Waals surface area (Å²) in [7, 11) is 0. The normalized spacial score (nSPS) is 12.1. The van der Waals surface area contributed by atoms with E-state index in [1.165, 1.54) is 0 Å². The van der Waals surface area contributed by atoms with E-state index in [4.69, 9.17) is 5.73 Å². The maximum absolute atomic E-state index is 11.7. The van der Waals surface area contributed by atoms with E-state index in [2.05, 4.69) is 15.5 Å². The number of hydrogen-bond donors (Lipinski definition) is 3. The van der Waals surface area contributed by atoms with Crippen molar-refractivity contribution in [2.45, 2.75) is 19.4 Å². The number of rotatable bonds is 5. The van der Waals surface area contributed by atoms with E-state index in [-0.39, 0.29) is 18.4 Å². The van der Waals surface area contributed by atoms with E-state index >= 15 is 0 Å². The topological polar surface area (TPSA) is 83.8 Å². The molecule has 1 heterocycles. The Bertz CT molecular complexity index is 535. The Morgan fingerprint density at radius 1 is 1.42 bits per heavy atom. The average Bonchev–Trinajstić information content (AvgIpc) is 2.82. The molecule has 1 unspecified atom stereocenters. The molecule has 1 aromatic carbocycles. The van der Waals surface area contributed by atoms with Crippen LogP contribution in [0.1, 0.15) is 23.0 Å². The number of nitrogens with one attached hydrogen (secondary N) is 2. The van der Waals surface area contributed by atoms with Gasteiger partial charge in [0.25, 0.3) is 0 Å². The summed E-state index contributed by atoms with van der Waals surface area (Å²) in [5.41, 5.74) is 8.70. The zero-order valence-electron chi connectivity index (χ0n) is 10.9. The fraction of sp³-hybridized carbons (Fsp3) is 0.286. The molecule has 4 N–H and O–H groups in total. The predicted octanol–water partition coefficient (Wildman–Crippen LogP) is 1.08. The number of aryl methyl sites for hydroxylation is 1. The number of aromatic nitrogens is 2. The molecule has 5 nitrogen and oxygen atoms in total. The summed E-state index contributed by atoms with van der Waals surface area (Å²) in [6.07, 6.45) is 0.270. The van der Waals surface area contributed by atoms with Crippen LogP contribution >= 0.6 is 0 Å². The van der Waals surface area contributed by atoms with Gasteiger partial charge in [0.15, 0.2) is 0 Å². The third kappa shape index (κ3) is 3.93. The molecule has 0 spiro atoms. The van der Waals surface area contributed by atoms with Gasteiger partial charge in [-0.3, -0.25) is 9.89 Å². The van der Waals surface area contributed by atoms with Gasteiger partial charge in [-0.15, -0.1) is 0 Å². The van der Waals surface area contributed by atoms with Crippen LogP contribution in [0.3, 0.4) is 0 Å². The number of hydrogen-bond acceptors (Lipinski definition) is 3. The van der Waals surface area contributed by atoms with Crippen molar-refractivity contribution in [1.29, 1.82) is 0 Å². The van der Waals surface area contributed by atoms with E-state index in [0.29, 0.717) is 6.54 Å². The molecule has 5 heteroatoms. The molecule has 1 atom stereocenters. The first-order valence-corrected chi connectivity index (χ1v) is 6.23. The SMILES string of the molecule is Cc1cc(CC(=O)NCC(N)c2ccccc2)n[nH]1. The summed E-state index contributed by atoms with van der Waals surface area (Å²) in [5.74, 6) is -0.0714. The Labute approximate surface area is 112 Å². The van der Waals surface area contributed by atoms with Crippen LogP contribution in [0, 0.1) is 6.92 Å². The van der Waals surface area contributed by atoms with Crippen molar-refractivity contribution in [1.82, 2.24) is 15.5 Å². The number of nitrogens with zero attached hydrogens (tertiary/aromatic N) is 1. The summed E-state index contributed by atoms with van der Waals surface area (Å²) in [5, 5.41) is 9.65. The van der Waals surface area contributed by atoms with Gasteiger partial charge in [0.05, 0.1) is 12.1 Å². The van der Waals surface area contributed by atoms with Crippen molar-refractivity contribution in [3.8, 4) is 0 Å². The maximum Gasteiger partial charge on any atom is 0.226 e. The van der Waals surface area contributed by atoms with E-state index in [1.54, 1.807) is 0 Å². The second-order valence-corrected chi connectivity index (χ2v) is 4.54. The first-order chi connectivity index (χ1) is 9.15. The molecule has 0 saturated heterocycles. The van der Waals surface area contributed by atoms with Crippen LogP contribution < -0.4 is 11.1 Å². The van der Waals surface area contributed by atoms with Crippen molar-refractivity contribution in [2.75, 3.05) is 6.54 Å². The fourth-order valence-corrected chi connectivity index (χ4v) is 1.83. The van der Waals surface area contributed by atoms with Gasteiger partial charge in [0.1, 0.15) is 0 Å². The summed E-state index contributed by atoms with van der Waals surface area (Å²) in [4.78, 5) is 11.7. The summed E-state index contributed by atoms with van der Waals surface area (Å²) < 4.78 is 0. The van der Waals surface area contributed by atoms with Crippen LogP contribution in [0.4, 0.5) is 0 Å². The quantitative estimate of drug-likeness (QED) is 0.750. The van der Waals surface area contributed by atoms with Gasteiger partial charge in [-0.1, -0.05) is 30.3 Å². The molecular weight excluding hydrogens is 240 g/mol. The van der Waals surface area contributed by atoms with Gasteiger partial charge < -0.3 is 11.1 Å². The first-order valence-electron chi connectivity index (χ1n) is 6.23. The van der Waals surface area contributed by atoms with Crippen LogP contribution in [0.15, 0.2) is 36.4 Å². The molecule has 0 aliphatic rings. The minimum atomic E-state index is -0.189. The van der Waals surface area contributed by atoms with Crippen molar-refractivity contribution in [3.05, 3.63) is 53.3 Å². The second-order valence-electron chi connectivity index (χ2n) is 4.54. The molecule has 0 radical (unpaired) electrons. The standard InChI is InChI=1S/C14H18N4O/c1-10-7-12(18-17-10)8-14(19)16-9-13(15)11-5-3-2-4-6-11/h2-7,13H,8-9,15H2,1H3,(H,16,19)(H,17,18). The highest BCUT2D eigenvalue weighted by Gasteiger charge is 2.09. The van der Waals surface area contributed by atoms with E-state index < -0.39 is 0 Å². The second kappa shape index (κ2) is 6.15. The van der Waals surface area contributed by atoms with Gasteiger partial charge in [-0.05, 0) is 18.6 Å².